The van der Waals surface area contributed by atoms with Crippen molar-refractivity contribution in [1.82, 2.24) is 15.0 Å². The fraction of sp³-hybridized carbons (Fsp3) is 0.200. The number of pyridine rings is 1. The van der Waals surface area contributed by atoms with Crippen LogP contribution in [-0.4, -0.2) is 20.7 Å². The van der Waals surface area contributed by atoms with Crippen molar-refractivity contribution in [3.05, 3.63) is 42.1 Å². The standard InChI is InChI=1S/C15H15N3S/c1-3-19-13-7-5-4-6-11(13)14-17-12-8-10(2)9-16-15(12)18-14/h4-9H,3H2,1-2H3,(H,16,17,18). The number of rotatable bonds is 3. The SMILES string of the molecule is CCSc1ccccc1-c1nc2cc(C)cnc2[nH]1. The molecule has 0 radical (unpaired) electrons. The van der Waals surface area contributed by atoms with Crippen LogP contribution in [0.5, 0.6) is 0 Å². The number of H-pyrrole nitrogens is 1. The number of fused-ring (bicyclic) bond motifs is 1. The van der Waals surface area contributed by atoms with Gasteiger partial charge < -0.3 is 4.98 Å². The van der Waals surface area contributed by atoms with Gasteiger partial charge in [0.2, 0.25) is 0 Å². The first-order valence-corrected chi connectivity index (χ1v) is 7.31. The highest BCUT2D eigenvalue weighted by molar-refractivity contribution is 7.99. The van der Waals surface area contributed by atoms with Gasteiger partial charge >= 0.3 is 0 Å². The lowest BCUT2D eigenvalue weighted by Crippen LogP contribution is -1.84. The van der Waals surface area contributed by atoms with Gasteiger partial charge in [0.15, 0.2) is 5.65 Å². The molecule has 96 valence electrons. The number of thioether (sulfide) groups is 1. The Morgan fingerprint density at radius 3 is 2.95 bits per heavy atom. The number of hydrogen-bond acceptors (Lipinski definition) is 3. The van der Waals surface area contributed by atoms with E-state index in [-0.39, 0.29) is 0 Å². The molecule has 0 saturated heterocycles. The molecule has 2 heterocycles. The summed E-state index contributed by atoms with van der Waals surface area (Å²) < 4.78 is 0. The van der Waals surface area contributed by atoms with Crippen LogP contribution in [0, 0.1) is 6.92 Å². The molecular weight excluding hydrogens is 254 g/mol. The maximum Gasteiger partial charge on any atom is 0.157 e. The van der Waals surface area contributed by atoms with Gasteiger partial charge in [0.25, 0.3) is 0 Å². The summed E-state index contributed by atoms with van der Waals surface area (Å²) in [6, 6.07) is 10.4. The molecule has 2 aromatic heterocycles. The van der Waals surface area contributed by atoms with E-state index in [0.717, 1.165) is 33.9 Å². The molecule has 0 unspecified atom stereocenters. The monoisotopic (exact) mass is 269 g/mol. The van der Waals surface area contributed by atoms with E-state index in [1.54, 1.807) is 0 Å². The van der Waals surface area contributed by atoms with Crippen LogP contribution < -0.4 is 0 Å². The highest BCUT2D eigenvalue weighted by atomic mass is 32.2. The summed E-state index contributed by atoms with van der Waals surface area (Å²) in [7, 11) is 0. The van der Waals surface area contributed by atoms with Gasteiger partial charge in [-0.15, -0.1) is 11.8 Å². The number of aromatic nitrogens is 3. The summed E-state index contributed by atoms with van der Waals surface area (Å²) in [5.41, 5.74) is 4.04. The van der Waals surface area contributed by atoms with Gasteiger partial charge in [-0.1, -0.05) is 25.1 Å². The maximum atomic E-state index is 4.66. The van der Waals surface area contributed by atoms with Crippen LogP contribution in [0.4, 0.5) is 0 Å². The van der Waals surface area contributed by atoms with Crippen LogP contribution in [0.2, 0.25) is 0 Å². The lowest BCUT2D eigenvalue weighted by molar-refractivity contribution is 1.26. The second-order valence-electron chi connectivity index (χ2n) is 4.39. The molecule has 0 atom stereocenters. The first kappa shape index (κ1) is 12.2. The van der Waals surface area contributed by atoms with E-state index in [0.29, 0.717) is 0 Å². The minimum absolute atomic E-state index is 0.844. The summed E-state index contributed by atoms with van der Waals surface area (Å²) in [4.78, 5) is 13.6. The molecule has 3 aromatic rings. The van der Waals surface area contributed by atoms with E-state index in [1.807, 2.05) is 30.9 Å². The van der Waals surface area contributed by atoms with Crippen molar-refractivity contribution >= 4 is 22.9 Å². The largest absolute Gasteiger partial charge is 0.323 e. The fourth-order valence-electron chi connectivity index (χ4n) is 2.07. The summed E-state index contributed by atoms with van der Waals surface area (Å²) in [6.45, 7) is 4.19. The van der Waals surface area contributed by atoms with Gasteiger partial charge in [-0.25, -0.2) is 9.97 Å². The minimum atomic E-state index is 0.844. The maximum absolute atomic E-state index is 4.66. The van der Waals surface area contributed by atoms with Gasteiger partial charge in [-0.05, 0) is 30.4 Å². The Bertz CT molecular complexity index is 718. The van der Waals surface area contributed by atoms with Crippen LogP contribution in [0.3, 0.4) is 0 Å². The normalized spacial score (nSPS) is 11.1. The first-order chi connectivity index (χ1) is 9.28. The Hall–Kier alpha value is -1.81. The van der Waals surface area contributed by atoms with Gasteiger partial charge in [0, 0.05) is 16.7 Å². The summed E-state index contributed by atoms with van der Waals surface area (Å²) >= 11 is 1.83. The molecule has 1 aromatic carbocycles. The molecule has 0 aliphatic heterocycles. The Morgan fingerprint density at radius 2 is 2.11 bits per heavy atom. The van der Waals surface area contributed by atoms with Crippen LogP contribution in [0.15, 0.2) is 41.4 Å². The van der Waals surface area contributed by atoms with E-state index in [9.17, 15) is 0 Å². The van der Waals surface area contributed by atoms with Crippen molar-refractivity contribution in [3.8, 4) is 11.4 Å². The third kappa shape index (κ3) is 2.36. The van der Waals surface area contributed by atoms with Crippen molar-refractivity contribution in [2.75, 3.05) is 5.75 Å². The van der Waals surface area contributed by atoms with Crippen molar-refractivity contribution in [2.24, 2.45) is 0 Å². The predicted molar refractivity (Wildman–Crippen MR) is 80.5 cm³/mol. The predicted octanol–water partition coefficient (Wildman–Crippen LogP) is 4.05. The van der Waals surface area contributed by atoms with E-state index >= 15 is 0 Å². The molecule has 0 amide bonds. The summed E-state index contributed by atoms with van der Waals surface area (Å²) in [5.74, 6) is 1.94. The van der Waals surface area contributed by atoms with E-state index < -0.39 is 0 Å². The minimum Gasteiger partial charge on any atom is -0.323 e. The molecule has 0 saturated carbocycles. The number of hydrogen-bond donors (Lipinski definition) is 1. The molecule has 1 N–H and O–H groups in total. The lowest BCUT2D eigenvalue weighted by Gasteiger charge is -2.04. The highest BCUT2D eigenvalue weighted by Gasteiger charge is 2.10. The topological polar surface area (TPSA) is 41.6 Å². The van der Waals surface area contributed by atoms with Crippen molar-refractivity contribution < 1.29 is 0 Å². The van der Waals surface area contributed by atoms with Gasteiger partial charge in [0.1, 0.15) is 11.3 Å². The van der Waals surface area contributed by atoms with Gasteiger partial charge in [-0.2, -0.15) is 0 Å². The molecule has 19 heavy (non-hydrogen) atoms. The lowest BCUT2D eigenvalue weighted by atomic mass is 10.2. The zero-order chi connectivity index (χ0) is 13.2. The fourth-order valence-corrected chi connectivity index (χ4v) is 2.87. The van der Waals surface area contributed by atoms with E-state index in [1.165, 1.54) is 4.90 Å². The van der Waals surface area contributed by atoms with Crippen LogP contribution in [0.25, 0.3) is 22.6 Å². The average Bonchev–Trinajstić information content (AvgIpc) is 2.82. The summed E-state index contributed by atoms with van der Waals surface area (Å²) in [6.07, 6.45) is 1.86. The first-order valence-electron chi connectivity index (χ1n) is 6.32. The molecule has 0 aliphatic rings. The summed E-state index contributed by atoms with van der Waals surface area (Å²) in [5, 5.41) is 0. The van der Waals surface area contributed by atoms with Crippen LogP contribution >= 0.6 is 11.8 Å². The Labute approximate surface area is 116 Å². The van der Waals surface area contributed by atoms with Crippen molar-refractivity contribution in [3.63, 3.8) is 0 Å². The van der Waals surface area contributed by atoms with Crippen LogP contribution in [-0.2, 0) is 0 Å². The molecular formula is C15H15N3S. The molecule has 0 spiro atoms. The number of aromatic amines is 1. The molecule has 0 aliphatic carbocycles. The number of nitrogens with one attached hydrogen (secondary N) is 1. The second-order valence-corrected chi connectivity index (χ2v) is 5.70. The third-order valence-corrected chi connectivity index (χ3v) is 3.87. The van der Waals surface area contributed by atoms with Gasteiger partial charge in [0.05, 0.1) is 0 Å². The number of benzene rings is 1. The van der Waals surface area contributed by atoms with Crippen molar-refractivity contribution in [2.45, 2.75) is 18.7 Å². The van der Waals surface area contributed by atoms with E-state index in [2.05, 4.69) is 46.1 Å². The van der Waals surface area contributed by atoms with Crippen molar-refractivity contribution in [1.29, 1.82) is 0 Å². The van der Waals surface area contributed by atoms with Gasteiger partial charge in [-0.3, -0.25) is 0 Å². The molecule has 0 fully saturated rings. The quantitative estimate of drug-likeness (QED) is 0.729. The highest BCUT2D eigenvalue weighted by Crippen LogP contribution is 2.30. The van der Waals surface area contributed by atoms with Crippen LogP contribution in [0.1, 0.15) is 12.5 Å². The molecule has 0 bridgehead atoms. The zero-order valence-electron chi connectivity index (χ0n) is 11.0. The third-order valence-electron chi connectivity index (χ3n) is 2.92. The number of nitrogens with zero attached hydrogens (tertiary/aromatic N) is 2. The molecule has 3 nitrogen and oxygen atoms in total. The zero-order valence-corrected chi connectivity index (χ0v) is 11.8. The number of aryl methyl sites for hydroxylation is 1. The number of imidazole rings is 1. The molecule has 4 heteroatoms. The van der Waals surface area contributed by atoms with E-state index in [4.69, 9.17) is 0 Å². The average molecular weight is 269 g/mol. The Morgan fingerprint density at radius 1 is 1.26 bits per heavy atom. The second kappa shape index (κ2) is 5.05. The smallest absolute Gasteiger partial charge is 0.157 e. The Kier molecular flexibility index (Phi) is 3.25. The Balaban J connectivity index is 2.13. The molecule has 3 rings (SSSR count).